The first-order valence-electron chi connectivity index (χ1n) is 10.2. The Morgan fingerprint density at radius 2 is 1.93 bits per heavy atom. The van der Waals surface area contributed by atoms with Gasteiger partial charge in [-0.2, -0.15) is 0 Å². The minimum Gasteiger partial charge on any atom is -0.347 e. The van der Waals surface area contributed by atoms with Crippen LogP contribution in [0.15, 0.2) is 42.5 Å². The van der Waals surface area contributed by atoms with Crippen molar-refractivity contribution in [2.24, 2.45) is 5.73 Å². The number of fused-ring (bicyclic) bond motifs is 2. The molecule has 0 bridgehead atoms. The molecule has 2 aromatic carbocycles. The smallest absolute Gasteiger partial charge is 0.252 e. The van der Waals surface area contributed by atoms with E-state index in [1.54, 1.807) is 11.0 Å². The molecule has 0 unspecified atom stereocenters. The number of piperazine rings is 1. The van der Waals surface area contributed by atoms with Gasteiger partial charge in [-0.3, -0.25) is 14.4 Å². The number of nitrogens with two attached hydrogens (primary N) is 1. The molecule has 29 heavy (non-hydrogen) atoms. The van der Waals surface area contributed by atoms with Gasteiger partial charge in [0.15, 0.2) is 0 Å². The predicted molar refractivity (Wildman–Crippen MR) is 110 cm³/mol. The average molecular weight is 394 g/mol. The Kier molecular flexibility index (Phi) is 5.49. The van der Waals surface area contributed by atoms with Crippen LogP contribution in [0, 0.1) is 0 Å². The summed E-state index contributed by atoms with van der Waals surface area (Å²) in [5.74, 6) is -0.378. The van der Waals surface area contributed by atoms with Gasteiger partial charge in [0.1, 0.15) is 12.1 Å². The monoisotopic (exact) mass is 394 g/mol. The molecule has 2 aliphatic heterocycles. The van der Waals surface area contributed by atoms with Crippen LogP contribution in [0.2, 0.25) is 0 Å². The van der Waals surface area contributed by atoms with Crippen LogP contribution in [0.4, 0.5) is 0 Å². The second-order valence-corrected chi connectivity index (χ2v) is 7.78. The average Bonchev–Trinajstić information content (AvgIpc) is 3.16. The summed E-state index contributed by atoms with van der Waals surface area (Å²) in [4.78, 5) is 39.8. The lowest BCUT2D eigenvalue weighted by molar-refractivity contribution is -0.147. The van der Waals surface area contributed by atoms with E-state index in [9.17, 15) is 14.4 Å². The highest BCUT2D eigenvalue weighted by molar-refractivity contribution is 6.07. The number of hydrogen-bond donors (Lipinski definition) is 3. The SMILES string of the molecule is NCCCC[C@@H]1NC(=O)[C@@H]2C[C@H](NC(=O)c3cccc4ccccc34)CN2C1=O. The highest BCUT2D eigenvalue weighted by Gasteiger charge is 2.46. The lowest BCUT2D eigenvalue weighted by atomic mass is 10.0. The van der Waals surface area contributed by atoms with Gasteiger partial charge in [-0.25, -0.2) is 0 Å². The molecule has 0 spiro atoms. The fourth-order valence-corrected chi connectivity index (χ4v) is 4.34. The molecule has 152 valence electrons. The molecule has 4 N–H and O–H groups in total. The van der Waals surface area contributed by atoms with Gasteiger partial charge in [0.25, 0.3) is 5.91 Å². The second-order valence-electron chi connectivity index (χ2n) is 7.78. The quantitative estimate of drug-likeness (QED) is 0.640. The molecular formula is C22H26N4O3. The van der Waals surface area contributed by atoms with E-state index in [1.165, 1.54) is 0 Å². The van der Waals surface area contributed by atoms with Crippen molar-refractivity contribution in [3.05, 3.63) is 48.0 Å². The van der Waals surface area contributed by atoms with Gasteiger partial charge in [-0.05, 0) is 49.1 Å². The molecule has 3 atom stereocenters. The number of rotatable bonds is 6. The summed E-state index contributed by atoms with van der Waals surface area (Å²) in [6.07, 6.45) is 2.65. The maximum atomic E-state index is 12.9. The number of amides is 3. The van der Waals surface area contributed by atoms with Crippen molar-refractivity contribution in [3.8, 4) is 0 Å². The van der Waals surface area contributed by atoms with Crippen LogP contribution in [-0.4, -0.2) is 53.8 Å². The molecule has 7 nitrogen and oxygen atoms in total. The number of nitrogens with zero attached hydrogens (tertiary/aromatic N) is 1. The third kappa shape index (κ3) is 3.82. The molecule has 0 aromatic heterocycles. The molecule has 0 radical (unpaired) electrons. The lowest BCUT2D eigenvalue weighted by Crippen LogP contribution is -2.61. The zero-order valence-corrected chi connectivity index (χ0v) is 16.3. The van der Waals surface area contributed by atoms with Crippen molar-refractivity contribution in [3.63, 3.8) is 0 Å². The highest BCUT2D eigenvalue weighted by atomic mass is 16.2. The topological polar surface area (TPSA) is 105 Å². The Hall–Kier alpha value is -2.93. The van der Waals surface area contributed by atoms with Gasteiger partial charge in [0, 0.05) is 18.2 Å². The van der Waals surface area contributed by atoms with Crippen LogP contribution in [-0.2, 0) is 9.59 Å². The van der Waals surface area contributed by atoms with Crippen LogP contribution in [0.3, 0.4) is 0 Å². The van der Waals surface area contributed by atoms with Crippen molar-refractivity contribution >= 4 is 28.5 Å². The van der Waals surface area contributed by atoms with Crippen molar-refractivity contribution in [2.75, 3.05) is 13.1 Å². The molecule has 4 rings (SSSR count). The van der Waals surface area contributed by atoms with Crippen LogP contribution < -0.4 is 16.4 Å². The number of carbonyl (C=O) groups excluding carboxylic acids is 3. The van der Waals surface area contributed by atoms with Crippen molar-refractivity contribution in [1.29, 1.82) is 0 Å². The van der Waals surface area contributed by atoms with Gasteiger partial charge in [-0.15, -0.1) is 0 Å². The number of hydrogen-bond acceptors (Lipinski definition) is 4. The minimum absolute atomic E-state index is 0.0615. The van der Waals surface area contributed by atoms with Gasteiger partial charge in [0.2, 0.25) is 11.8 Å². The molecule has 2 saturated heterocycles. The lowest BCUT2D eigenvalue weighted by Gasteiger charge is -2.34. The van der Waals surface area contributed by atoms with E-state index in [0.717, 1.165) is 23.6 Å². The Balaban J connectivity index is 1.45. The fourth-order valence-electron chi connectivity index (χ4n) is 4.34. The Bertz CT molecular complexity index is 939. The minimum atomic E-state index is -0.508. The molecule has 7 heteroatoms. The van der Waals surface area contributed by atoms with Gasteiger partial charge in [-0.1, -0.05) is 36.4 Å². The van der Waals surface area contributed by atoms with Crippen LogP contribution in [0.1, 0.15) is 36.0 Å². The van der Waals surface area contributed by atoms with E-state index < -0.39 is 12.1 Å². The molecule has 0 aliphatic carbocycles. The zero-order chi connectivity index (χ0) is 20.4. The van der Waals surface area contributed by atoms with Crippen LogP contribution in [0.5, 0.6) is 0 Å². The Morgan fingerprint density at radius 1 is 1.14 bits per heavy atom. The van der Waals surface area contributed by atoms with Gasteiger partial charge in [0.05, 0.1) is 0 Å². The van der Waals surface area contributed by atoms with E-state index in [-0.39, 0.29) is 23.8 Å². The van der Waals surface area contributed by atoms with E-state index in [4.69, 9.17) is 5.73 Å². The van der Waals surface area contributed by atoms with E-state index in [2.05, 4.69) is 10.6 Å². The van der Waals surface area contributed by atoms with Crippen molar-refractivity contribution in [2.45, 2.75) is 43.8 Å². The molecule has 2 aromatic rings. The Morgan fingerprint density at radius 3 is 2.76 bits per heavy atom. The molecule has 2 fully saturated rings. The summed E-state index contributed by atoms with van der Waals surface area (Å²) in [5, 5.41) is 7.75. The van der Waals surface area contributed by atoms with E-state index in [0.29, 0.717) is 31.5 Å². The summed E-state index contributed by atoms with van der Waals surface area (Å²) in [6.45, 7) is 0.935. The highest BCUT2D eigenvalue weighted by Crippen LogP contribution is 2.25. The first-order chi connectivity index (χ1) is 14.1. The Labute approximate surface area is 169 Å². The largest absolute Gasteiger partial charge is 0.347 e. The third-order valence-electron chi connectivity index (χ3n) is 5.82. The first kappa shape index (κ1) is 19.4. The summed E-state index contributed by atoms with van der Waals surface area (Å²) in [7, 11) is 0. The summed E-state index contributed by atoms with van der Waals surface area (Å²) in [6, 6.07) is 12.1. The van der Waals surface area contributed by atoms with Crippen LogP contribution >= 0.6 is 0 Å². The maximum Gasteiger partial charge on any atom is 0.252 e. The first-order valence-corrected chi connectivity index (χ1v) is 10.2. The third-order valence-corrected chi connectivity index (χ3v) is 5.82. The van der Waals surface area contributed by atoms with Crippen LogP contribution in [0.25, 0.3) is 10.8 Å². The standard InChI is InChI=1S/C22H26N4O3/c23-11-4-3-10-18-22(29)26-13-15(12-19(26)21(28)25-18)24-20(27)17-9-5-7-14-6-1-2-8-16(14)17/h1-2,5-9,15,18-19H,3-4,10-13,23H2,(H,24,27)(H,25,28)/t15-,18-,19-/m0/s1. The number of benzene rings is 2. The molecule has 2 aliphatic rings. The number of nitrogens with one attached hydrogen (secondary N) is 2. The zero-order valence-electron chi connectivity index (χ0n) is 16.3. The fraction of sp³-hybridized carbons (Fsp3) is 0.409. The molecular weight excluding hydrogens is 368 g/mol. The van der Waals surface area contributed by atoms with E-state index in [1.807, 2.05) is 36.4 Å². The molecule has 3 amide bonds. The van der Waals surface area contributed by atoms with Crippen molar-refractivity contribution in [1.82, 2.24) is 15.5 Å². The summed E-state index contributed by atoms with van der Waals surface area (Å²) < 4.78 is 0. The number of unbranched alkanes of at least 4 members (excludes halogenated alkanes) is 1. The molecule has 0 saturated carbocycles. The van der Waals surface area contributed by atoms with Gasteiger partial charge >= 0.3 is 0 Å². The van der Waals surface area contributed by atoms with E-state index >= 15 is 0 Å². The molecule has 2 heterocycles. The normalized spacial score (nSPS) is 23.8. The summed E-state index contributed by atoms with van der Waals surface area (Å²) >= 11 is 0. The number of carbonyl (C=O) groups is 3. The van der Waals surface area contributed by atoms with Gasteiger partial charge < -0.3 is 21.3 Å². The summed E-state index contributed by atoms with van der Waals surface area (Å²) in [5.41, 5.74) is 6.12. The maximum absolute atomic E-state index is 12.9. The van der Waals surface area contributed by atoms with Crippen molar-refractivity contribution < 1.29 is 14.4 Å². The predicted octanol–water partition coefficient (Wildman–Crippen LogP) is 1.17. The second kappa shape index (κ2) is 8.21.